The molecule has 0 unspecified atom stereocenters. The quantitative estimate of drug-likeness (QED) is 0.714. The molecule has 1 fully saturated rings. The van der Waals surface area contributed by atoms with Gasteiger partial charge in [0, 0.05) is 32.0 Å². The van der Waals surface area contributed by atoms with Crippen LogP contribution in [0.25, 0.3) is 0 Å². The van der Waals surface area contributed by atoms with Crippen molar-refractivity contribution in [1.29, 1.82) is 0 Å². The zero-order valence-electron chi connectivity index (χ0n) is 11.4. The lowest BCUT2D eigenvalue weighted by Gasteiger charge is -2.39. The van der Waals surface area contributed by atoms with Crippen molar-refractivity contribution in [3.8, 4) is 0 Å². The van der Waals surface area contributed by atoms with Crippen molar-refractivity contribution in [1.82, 2.24) is 15.2 Å². The number of pyridine rings is 1. The fraction of sp³-hybridized carbons (Fsp3) is 0.667. The summed E-state index contributed by atoms with van der Waals surface area (Å²) in [7, 11) is 0. The van der Waals surface area contributed by atoms with Gasteiger partial charge in [-0.25, -0.2) is 0 Å². The molecule has 0 amide bonds. The van der Waals surface area contributed by atoms with Gasteiger partial charge in [0.15, 0.2) is 0 Å². The lowest BCUT2D eigenvalue weighted by Crippen LogP contribution is -2.47. The number of nitrogens with one attached hydrogen (secondary N) is 1. The fourth-order valence-corrected chi connectivity index (χ4v) is 2.61. The highest BCUT2D eigenvalue weighted by molar-refractivity contribution is 5.07. The van der Waals surface area contributed by atoms with Crippen molar-refractivity contribution in [2.45, 2.75) is 32.7 Å². The van der Waals surface area contributed by atoms with E-state index in [1.807, 2.05) is 18.5 Å². The minimum Gasteiger partial charge on any atom is -0.313 e. The van der Waals surface area contributed by atoms with Crippen molar-refractivity contribution in [2.75, 3.05) is 26.2 Å². The maximum absolute atomic E-state index is 4.11. The van der Waals surface area contributed by atoms with Gasteiger partial charge in [-0.3, -0.25) is 4.98 Å². The molecule has 0 atom stereocenters. The smallest absolute Gasteiger partial charge is 0.0312 e. The summed E-state index contributed by atoms with van der Waals surface area (Å²) in [6.45, 7) is 8.23. The molecular weight excluding hydrogens is 222 g/mol. The topological polar surface area (TPSA) is 28.2 Å². The highest BCUT2D eigenvalue weighted by Gasteiger charge is 2.24. The Morgan fingerprint density at radius 3 is 3.06 bits per heavy atom. The molecule has 1 aromatic rings. The summed E-state index contributed by atoms with van der Waals surface area (Å²) in [4.78, 5) is 6.69. The second-order valence-electron chi connectivity index (χ2n) is 5.31. The van der Waals surface area contributed by atoms with E-state index in [9.17, 15) is 0 Å². The molecule has 1 N–H and O–H groups in total. The summed E-state index contributed by atoms with van der Waals surface area (Å²) in [5, 5.41) is 3.47. The van der Waals surface area contributed by atoms with Crippen LogP contribution >= 0.6 is 0 Å². The molecule has 1 aliphatic heterocycles. The van der Waals surface area contributed by atoms with Crippen LogP contribution < -0.4 is 5.32 Å². The van der Waals surface area contributed by atoms with Crippen LogP contribution in [-0.4, -0.2) is 36.1 Å². The van der Waals surface area contributed by atoms with Crippen molar-refractivity contribution < 1.29 is 0 Å². The molecule has 3 nitrogen and oxygen atoms in total. The Morgan fingerprint density at radius 1 is 1.44 bits per heavy atom. The highest BCUT2D eigenvalue weighted by atomic mass is 15.2. The standard InChI is InChI=1S/C15H25N3/c1-2-5-15-12-18(13-15)9-4-8-17-11-14-6-3-7-16-10-14/h3,6-7,10,15,17H,2,4-5,8-9,11-13H2,1H3. The maximum atomic E-state index is 4.11. The number of aromatic nitrogens is 1. The first kappa shape index (κ1) is 13.5. The SMILES string of the molecule is CCCC1CN(CCCNCc2cccnc2)C1. The van der Waals surface area contributed by atoms with Crippen LogP contribution in [0.4, 0.5) is 0 Å². The molecule has 100 valence electrons. The molecule has 18 heavy (non-hydrogen) atoms. The molecule has 0 aliphatic carbocycles. The molecule has 1 saturated heterocycles. The fourth-order valence-electron chi connectivity index (χ4n) is 2.61. The Hall–Kier alpha value is -0.930. The van der Waals surface area contributed by atoms with E-state index in [1.165, 1.54) is 44.5 Å². The van der Waals surface area contributed by atoms with Crippen LogP contribution in [0.15, 0.2) is 24.5 Å². The highest BCUT2D eigenvalue weighted by Crippen LogP contribution is 2.19. The third-order valence-electron chi connectivity index (χ3n) is 3.61. The molecule has 0 saturated carbocycles. The minimum atomic E-state index is 0.937. The number of hydrogen-bond donors (Lipinski definition) is 1. The third-order valence-corrected chi connectivity index (χ3v) is 3.61. The van der Waals surface area contributed by atoms with Gasteiger partial charge in [-0.05, 0) is 43.5 Å². The largest absolute Gasteiger partial charge is 0.313 e. The van der Waals surface area contributed by atoms with Gasteiger partial charge >= 0.3 is 0 Å². The molecule has 0 bridgehead atoms. The van der Waals surface area contributed by atoms with E-state index in [4.69, 9.17) is 0 Å². The summed E-state index contributed by atoms with van der Waals surface area (Å²) >= 11 is 0. The van der Waals surface area contributed by atoms with Crippen molar-refractivity contribution >= 4 is 0 Å². The Balaban J connectivity index is 1.45. The second-order valence-corrected chi connectivity index (χ2v) is 5.31. The second kappa shape index (κ2) is 7.49. The molecule has 2 rings (SSSR count). The van der Waals surface area contributed by atoms with Gasteiger partial charge in [-0.15, -0.1) is 0 Å². The molecule has 1 aromatic heterocycles. The van der Waals surface area contributed by atoms with E-state index in [1.54, 1.807) is 0 Å². The number of nitrogens with zero attached hydrogens (tertiary/aromatic N) is 2. The van der Waals surface area contributed by atoms with Gasteiger partial charge in [-0.2, -0.15) is 0 Å². The Morgan fingerprint density at radius 2 is 2.33 bits per heavy atom. The summed E-state index contributed by atoms with van der Waals surface area (Å²) in [6.07, 6.45) is 7.75. The van der Waals surface area contributed by atoms with E-state index in [2.05, 4.69) is 28.2 Å². The maximum Gasteiger partial charge on any atom is 0.0312 e. The molecule has 1 aliphatic rings. The summed E-state index contributed by atoms with van der Waals surface area (Å²) in [5.74, 6) is 0.985. The molecule has 0 spiro atoms. The van der Waals surface area contributed by atoms with Gasteiger partial charge in [0.25, 0.3) is 0 Å². The van der Waals surface area contributed by atoms with Crippen LogP contribution in [0.3, 0.4) is 0 Å². The average Bonchev–Trinajstić information content (AvgIpc) is 2.36. The van der Waals surface area contributed by atoms with Crippen LogP contribution in [0.5, 0.6) is 0 Å². The lowest BCUT2D eigenvalue weighted by atomic mass is 9.95. The zero-order chi connectivity index (χ0) is 12.6. The monoisotopic (exact) mass is 247 g/mol. The van der Waals surface area contributed by atoms with Crippen LogP contribution in [0.1, 0.15) is 31.7 Å². The van der Waals surface area contributed by atoms with Crippen LogP contribution in [0, 0.1) is 5.92 Å². The zero-order valence-corrected chi connectivity index (χ0v) is 11.4. The number of likely N-dealkylation sites (tertiary alicyclic amines) is 1. The average molecular weight is 247 g/mol. The van der Waals surface area contributed by atoms with E-state index >= 15 is 0 Å². The van der Waals surface area contributed by atoms with E-state index < -0.39 is 0 Å². The van der Waals surface area contributed by atoms with Gasteiger partial charge in [0.2, 0.25) is 0 Å². The number of rotatable bonds is 8. The molecule has 2 heterocycles. The molecular formula is C15H25N3. The van der Waals surface area contributed by atoms with Gasteiger partial charge in [-0.1, -0.05) is 19.4 Å². The summed E-state index contributed by atoms with van der Waals surface area (Å²) in [6, 6.07) is 4.11. The summed E-state index contributed by atoms with van der Waals surface area (Å²) < 4.78 is 0. The first-order valence-corrected chi connectivity index (χ1v) is 7.20. The Bertz CT molecular complexity index is 320. The first-order chi connectivity index (χ1) is 8.88. The predicted molar refractivity (Wildman–Crippen MR) is 75.4 cm³/mol. The minimum absolute atomic E-state index is 0.937. The normalized spacial score (nSPS) is 16.7. The van der Waals surface area contributed by atoms with Crippen LogP contribution in [0.2, 0.25) is 0 Å². The van der Waals surface area contributed by atoms with Crippen LogP contribution in [-0.2, 0) is 6.54 Å². The molecule has 0 aromatic carbocycles. The van der Waals surface area contributed by atoms with Gasteiger partial charge in [0.05, 0.1) is 0 Å². The predicted octanol–water partition coefficient (Wildman–Crippen LogP) is 2.29. The summed E-state index contributed by atoms with van der Waals surface area (Å²) in [5.41, 5.74) is 1.27. The third kappa shape index (κ3) is 4.39. The van der Waals surface area contributed by atoms with Crippen molar-refractivity contribution in [3.63, 3.8) is 0 Å². The Kier molecular flexibility index (Phi) is 5.62. The molecule has 0 radical (unpaired) electrons. The molecule has 3 heteroatoms. The van der Waals surface area contributed by atoms with E-state index in [0.717, 1.165) is 19.0 Å². The van der Waals surface area contributed by atoms with Crippen molar-refractivity contribution in [3.05, 3.63) is 30.1 Å². The lowest BCUT2D eigenvalue weighted by molar-refractivity contribution is 0.0926. The van der Waals surface area contributed by atoms with Gasteiger partial charge in [0.1, 0.15) is 0 Å². The van der Waals surface area contributed by atoms with E-state index in [0.29, 0.717) is 0 Å². The van der Waals surface area contributed by atoms with Gasteiger partial charge < -0.3 is 10.2 Å². The first-order valence-electron chi connectivity index (χ1n) is 7.20. The van der Waals surface area contributed by atoms with E-state index in [-0.39, 0.29) is 0 Å². The Labute approximate surface area is 111 Å². The van der Waals surface area contributed by atoms with Crippen molar-refractivity contribution in [2.24, 2.45) is 5.92 Å². The number of hydrogen-bond acceptors (Lipinski definition) is 3.